The fourth-order valence-electron chi connectivity index (χ4n) is 9.27. The summed E-state index contributed by atoms with van der Waals surface area (Å²) in [5.41, 5.74) is 0. The van der Waals surface area contributed by atoms with Crippen molar-refractivity contribution in [2.24, 2.45) is 0 Å². The first-order valence-electron chi connectivity index (χ1n) is 27.9. The molecule has 0 atom stereocenters. The van der Waals surface area contributed by atoms with E-state index in [9.17, 15) is 0 Å². The summed E-state index contributed by atoms with van der Waals surface area (Å²) >= 11 is 4.06. The standard InChI is InChI=1S/C56H111BrN3O2/c1-8-13-17-21-25-29-33-37-41-45-49-58(50-46-42-38-34-30-26-22-18-14-9-2)54(61)56(57,60(6,7)53-12-5)55(62)59(51-47-43-39-35-31-27-23-19-15-10-3)52-48-44-40-36-32-28-24-20-16-11-4/h12H,5,8-11,13-53H2,1-4,6-7H3/q+1. The summed E-state index contributed by atoms with van der Waals surface area (Å²) in [6.07, 6.45) is 52.9. The molecule has 0 saturated carbocycles. The molecule has 0 fully saturated rings. The van der Waals surface area contributed by atoms with Gasteiger partial charge in [-0.1, -0.05) is 265 Å². The zero-order valence-electron chi connectivity index (χ0n) is 43.1. The highest BCUT2D eigenvalue weighted by atomic mass is 79.9. The Bertz CT molecular complexity index is 890. The second kappa shape index (κ2) is 44.0. The van der Waals surface area contributed by atoms with Gasteiger partial charge >= 0.3 is 16.3 Å². The van der Waals surface area contributed by atoms with Gasteiger partial charge in [-0.25, -0.2) is 0 Å². The molecule has 0 bridgehead atoms. The van der Waals surface area contributed by atoms with Crippen molar-refractivity contribution in [1.82, 2.24) is 9.80 Å². The van der Waals surface area contributed by atoms with E-state index in [1.165, 1.54) is 205 Å². The monoisotopic (exact) mass is 937 g/mol. The van der Waals surface area contributed by atoms with E-state index < -0.39 is 4.45 Å². The Morgan fingerprint density at radius 2 is 0.565 bits per heavy atom. The van der Waals surface area contributed by atoms with Crippen molar-refractivity contribution >= 4 is 27.7 Å². The van der Waals surface area contributed by atoms with E-state index in [-0.39, 0.29) is 16.3 Å². The number of hydrogen-bond donors (Lipinski definition) is 0. The molecule has 62 heavy (non-hydrogen) atoms. The molecule has 2 amide bonds. The lowest BCUT2D eigenvalue weighted by molar-refractivity contribution is -0.899. The van der Waals surface area contributed by atoms with E-state index in [4.69, 9.17) is 0 Å². The lowest BCUT2D eigenvalue weighted by Crippen LogP contribution is -2.70. The number of unbranched alkanes of at least 4 members (excludes halogenated alkanes) is 36. The van der Waals surface area contributed by atoms with Crippen LogP contribution in [-0.4, -0.2) is 77.4 Å². The van der Waals surface area contributed by atoms with Gasteiger partial charge in [0.2, 0.25) is 0 Å². The van der Waals surface area contributed by atoms with Gasteiger partial charge in [-0.3, -0.25) is 14.1 Å². The Kier molecular flexibility index (Phi) is 43.4. The van der Waals surface area contributed by atoms with Gasteiger partial charge in [-0.05, 0) is 31.8 Å². The summed E-state index contributed by atoms with van der Waals surface area (Å²) < 4.78 is -1.15. The van der Waals surface area contributed by atoms with Crippen molar-refractivity contribution in [3.63, 3.8) is 0 Å². The topological polar surface area (TPSA) is 40.6 Å². The molecule has 0 unspecified atom stereocenters. The zero-order chi connectivity index (χ0) is 45.8. The van der Waals surface area contributed by atoms with Crippen molar-refractivity contribution in [2.75, 3.05) is 46.8 Å². The molecule has 0 aliphatic heterocycles. The van der Waals surface area contributed by atoms with Crippen LogP contribution in [0.25, 0.3) is 0 Å². The third-order valence-corrected chi connectivity index (χ3v) is 15.3. The van der Waals surface area contributed by atoms with Crippen LogP contribution in [0.5, 0.6) is 0 Å². The second-order valence-corrected chi connectivity index (χ2v) is 21.2. The number of hydrogen-bond acceptors (Lipinski definition) is 2. The van der Waals surface area contributed by atoms with Crippen molar-refractivity contribution in [1.29, 1.82) is 0 Å². The number of amides is 2. The van der Waals surface area contributed by atoms with Gasteiger partial charge < -0.3 is 9.80 Å². The fourth-order valence-corrected chi connectivity index (χ4v) is 9.91. The lowest BCUT2D eigenvalue weighted by atomic mass is 10.0. The van der Waals surface area contributed by atoms with Crippen LogP contribution >= 0.6 is 15.9 Å². The maximum absolute atomic E-state index is 15.3. The first-order chi connectivity index (χ1) is 30.2. The number of carbonyl (C=O) groups is 2. The summed E-state index contributed by atoms with van der Waals surface area (Å²) in [5, 5.41) is 0. The minimum Gasteiger partial charge on any atom is -0.336 e. The molecule has 0 aromatic carbocycles. The summed E-state index contributed by atoms with van der Waals surface area (Å²) in [4.78, 5) is 34.8. The van der Waals surface area contributed by atoms with Crippen LogP contribution in [0.1, 0.15) is 285 Å². The molecular formula is C56H111BrN3O2+. The lowest BCUT2D eigenvalue weighted by Gasteiger charge is -2.45. The Hall–Kier alpha value is -0.880. The molecule has 0 N–H and O–H groups in total. The number of alkyl halides is 1. The number of quaternary nitrogens is 1. The average Bonchev–Trinajstić information content (AvgIpc) is 3.26. The Morgan fingerprint density at radius 3 is 0.742 bits per heavy atom. The van der Waals surface area contributed by atoms with Crippen LogP contribution in [0, 0.1) is 0 Å². The second-order valence-electron chi connectivity index (χ2n) is 20.1. The molecule has 0 aliphatic carbocycles. The molecule has 0 spiro atoms. The van der Waals surface area contributed by atoms with Crippen LogP contribution in [-0.2, 0) is 9.59 Å². The van der Waals surface area contributed by atoms with Gasteiger partial charge in [0.1, 0.15) is 0 Å². The minimum absolute atomic E-state index is 0.0302. The minimum atomic E-state index is -1.38. The van der Waals surface area contributed by atoms with Crippen LogP contribution < -0.4 is 0 Å². The largest absolute Gasteiger partial charge is 0.336 e. The van der Waals surface area contributed by atoms with E-state index in [0.29, 0.717) is 6.54 Å². The molecule has 6 heteroatoms. The van der Waals surface area contributed by atoms with Crippen LogP contribution in [0.4, 0.5) is 0 Å². The van der Waals surface area contributed by atoms with E-state index >= 15 is 9.59 Å². The third-order valence-electron chi connectivity index (χ3n) is 13.7. The molecule has 0 radical (unpaired) electrons. The molecule has 0 aromatic rings. The van der Waals surface area contributed by atoms with Crippen LogP contribution in [0.15, 0.2) is 12.7 Å². The fraction of sp³-hybridized carbons (Fsp3) is 0.929. The van der Waals surface area contributed by atoms with E-state index in [0.717, 1.165) is 77.5 Å². The third kappa shape index (κ3) is 31.1. The Morgan fingerprint density at radius 1 is 0.387 bits per heavy atom. The Labute approximate surface area is 398 Å². The van der Waals surface area contributed by atoms with E-state index in [2.05, 4.69) is 74.1 Å². The van der Waals surface area contributed by atoms with E-state index in [1.807, 2.05) is 6.08 Å². The number of rotatable bonds is 49. The maximum atomic E-state index is 15.3. The molecule has 0 rings (SSSR count). The van der Waals surface area contributed by atoms with Crippen molar-refractivity contribution in [3.8, 4) is 0 Å². The zero-order valence-corrected chi connectivity index (χ0v) is 44.7. The number of likely N-dealkylation sites (N-methyl/N-ethyl adjacent to an activating group) is 1. The molecule has 0 aromatic heterocycles. The van der Waals surface area contributed by atoms with Gasteiger partial charge in [0.25, 0.3) is 0 Å². The first-order valence-corrected chi connectivity index (χ1v) is 28.7. The van der Waals surface area contributed by atoms with Crippen molar-refractivity contribution in [3.05, 3.63) is 12.7 Å². The predicted octanol–water partition coefficient (Wildman–Crippen LogP) is 17.7. The highest BCUT2D eigenvalue weighted by Gasteiger charge is 2.59. The summed E-state index contributed by atoms with van der Waals surface area (Å²) in [7, 11) is 4.12. The normalized spacial score (nSPS) is 12.0. The Balaban J connectivity index is 5.95. The van der Waals surface area contributed by atoms with Gasteiger partial charge in [-0.15, -0.1) is 0 Å². The van der Waals surface area contributed by atoms with Gasteiger partial charge in [0.15, 0.2) is 0 Å². The summed E-state index contributed by atoms with van der Waals surface area (Å²) in [5.74, 6) is -0.0605. The predicted molar refractivity (Wildman–Crippen MR) is 279 cm³/mol. The maximum Gasteiger partial charge on any atom is 0.311 e. The molecule has 368 valence electrons. The van der Waals surface area contributed by atoms with Gasteiger partial charge in [0.05, 0.1) is 20.6 Å². The number of carbonyl (C=O) groups excluding carboxylic acids is 2. The smallest absolute Gasteiger partial charge is 0.311 e. The molecule has 0 saturated heterocycles. The van der Waals surface area contributed by atoms with Crippen molar-refractivity contribution < 1.29 is 14.1 Å². The van der Waals surface area contributed by atoms with Gasteiger partial charge in [-0.2, -0.15) is 0 Å². The van der Waals surface area contributed by atoms with Gasteiger partial charge in [0, 0.05) is 42.1 Å². The molecular weight excluding hydrogens is 827 g/mol. The SMILES string of the molecule is C=CC[N+](C)(C)C(Br)(C(=O)N(CCCCCCCCCCCC)CCCCCCCCCCCC)C(=O)N(CCCCCCCCCCCC)CCCCCCCCCCCC. The first kappa shape index (κ1) is 61.1. The molecule has 5 nitrogen and oxygen atoms in total. The number of nitrogens with zero attached hydrogens (tertiary/aromatic N) is 3. The van der Waals surface area contributed by atoms with Crippen LogP contribution in [0.2, 0.25) is 0 Å². The average molecular weight is 938 g/mol. The number of halogens is 1. The summed E-state index contributed by atoms with van der Waals surface area (Å²) in [6, 6.07) is 0. The summed E-state index contributed by atoms with van der Waals surface area (Å²) in [6.45, 7) is 16.7. The van der Waals surface area contributed by atoms with E-state index in [1.54, 1.807) is 0 Å². The highest BCUT2D eigenvalue weighted by molar-refractivity contribution is 9.10. The highest BCUT2D eigenvalue weighted by Crippen LogP contribution is 2.34. The van der Waals surface area contributed by atoms with Crippen molar-refractivity contribution in [2.45, 2.75) is 289 Å². The molecule has 0 aliphatic rings. The quantitative estimate of drug-likeness (QED) is 0.0152. The van der Waals surface area contributed by atoms with Crippen LogP contribution in [0.3, 0.4) is 0 Å². The molecule has 0 heterocycles.